The van der Waals surface area contributed by atoms with E-state index in [1.54, 1.807) is 25.8 Å². The van der Waals surface area contributed by atoms with Crippen molar-refractivity contribution in [2.24, 2.45) is 0 Å². The second kappa shape index (κ2) is 4.09. The van der Waals surface area contributed by atoms with Crippen LogP contribution in [0.1, 0.15) is 20.3 Å². The normalized spacial score (nSPS) is 31.7. The fourth-order valence-electron chi connectivity index (χ4n) is 1.94. The summed E-state index contributed by atoms with van der Waals surface area (Å²) in [4.78, 5) is 12.4. The van der Waals surface area contributed by atoms with E-state index in [0.717, 1.165) is 0 Å². The maximum atomic E-state index is 11.5. The number of carboxylic acid groups (broad SMARTS) is 1. The van der Waals surface area contributed by atoms with Crippen LogP contribution in [-0.4, -0.2) is 54.5 Å². The van der Waals surface area contributed by atoms with E-state index in [0.29, 0.717) is 6.42 Å². The van der Waals surface area contributed by atoms with Crippen LogP contribution in [0.2, 0.25) is 0 Å². The molecule has 15 heavy (non-hydrogen) atoms. The van der Waals surface area contributed by atoms with Crippen molar-refractivity contribution in [2.75, 3.05) is 12.8 Å². The summed E-state index contributed by atoms with van der Waals surface area (Å²) in [5.74, 6) is -0.760. The molecule has 0 radical (unpaired) electrons. The van der Waals surface area contributed by atoms with Gasteiger partial charge in [0.1, 0.15) is 6.04 Å². The number of hydrogen-bond donors (Lipinski definition) is 1. The maximum Gasteiger partial charge on any atom is 0.320 e. The predicted molar refractivity (Wildman–Crippen MR) is 56.5 cm³/mol. The lowest BCUT2D eigenvalue weighted by atomic mass is 10.1. The molecule has 0 aromatic heterocycles. The molecule has 1 aliphatic heterocycles. The fourth-order valence-corrected chi connectivity index (χ4v) is 3.69. The van der Waals surface area contributed by atoms with Crippen molar-refractivity contribution in [3.63, 3.8) is 0 Å². The Hall–Kier alpha value is -0.620. The number of carbonyl (C=O) groups is 1. The van der Waals surface area contributed by atoms with Gasteiger partial charge in [-0.2, -0.15) is 0 Å². The van der Waals surface area contributed by atoms with Crippen molar-refractivity contribution in [3.8, 4) is 0 Å². The monoisotopic (exact) mass is 235 g/mol. The highest BCUT2D eigenvalue weighted by molar-refractivity contribution is 7.92. The van der Waals surface area contributed by atoms with Gasteiger partial charge in [-0.1, -0.05) is 0 Å². The molecule has 5 nitrogen and oxygen atoms in total. The molecule has 0 spiro atoms. The fraction of sp³-hybridized carbons (Fsp3) is 0.889. The van der Waals surface area contributed by atoms with Crippen LogP contribution in [-0.2, 0) is 14.6 Å². The van der Waals surface area contributed by atoms with E-state index in [1.165, 1.54) is 0 Å². The minimum absolute atomic E-state index is 0.162. The van der Waals surface area contributed by atoms with Crippen molar-refractivity contribution in [2.45, 2.75) is 37.6 Å². The topological polar surface area (TPSA) is 74.7 Å². The highest BCUT2D eigenvalue weighted by Crippen LogP contribution is 2.25. The van der Waals surface area contributed by atoms with Gasteiger partial charge in [0.15, 0.2) is 9.84 Å². The average Bonchev–Trinajstić information content (AvgIpc) is 2.40. The zero-order valence-electron chi connectivity index (χ0n) is 9.17. The Bertz CT molecular complexity index is 351. The Morgan fingerprint density at radius 2 is 2.07 bits per heavy atom. The number of sulfone groups is 1. The first-order valence-corrected chi connectivity index (χ1v) is 6.65. The van der Waals surface area contributed by atoms with E-state index >= 15 is 0 Å². The summed E-state index contributed by atoms with van der Waals surface area (Å²) < 4.78 is 23.0. The molecule has 3 unspecified atom stereocenters. The van der Waals surface area contributed by atoms with E-state index in [1.807, 2.05) is 0 Å². The van der Waals surface area contributed by atoms with Gasteiger partial charge in [0, 0.05) is 6.04 Å². The van der Waals surface area contributed by atoms with Gasteiger partial charge >= 0.3 is 5.97 Å². The number of nitrogens with zero attached hydrogens (tertiary/aromatic N) is 1. The highest BCUT2D eigenvalue weighted by atomic mass is 32.2. The average molecular weight is 235 g/mol. The summed E-state index contributed by atoms with van der Waals surface area (Å²) >= 11 is 0. The molecular weight excluding hydrogens is 218 g/mol. The van der Waals surface area contributed by atoms with Crippen LogP contribution in [0, 0.1) is 0 Å². The Labute approximate surface area is 90.0 Å². The number of hydrogen-bond acceptors (Lipinski definition) is 4. The smallest absolute Gasteiger partial charge is 0.320 e. The molecule has 1 rings (SSSR count). The van der Waals surface area contributed by atoms with Crippen LogP contribution in [0.4, 0.5) is 0 Å². The first kappa shape index (κ1) is 12.4. The van der Waals surface area contributed by atoms with Crippen LogP contribution >= 0.6 is 0 Å². The summed E-state index contributed by atoms with van der Waals surface area (Å²) in [7, 11) is -1.35. The molecule has 0 aliphatic carbocycles. The third-order valence-corrected chi connectivity index (χ3v) is 5.55. The second-order valence-corrected chi connectivity index (χ2v) is 6.59. The molecule has 6 heteroatoms. The van der Waals surface area contributed by atoms with Gasteiger partial charge in [-0.25, -0.2) is 8.42 Å². The molecule has 1 N–H and O–H groups in total. The zero-order valence-corrected chi connectivity index (χ0v) is 9.99. The Kier molecular flexibility index (Phi) is 3.40. The molecule has 0 amide bonds. The summed E-state index contributed by atoms with van der Waals surface area (Å²) in [5, 5.41) is 8.37. The molecule has 88 valence electrons. The lowest BCUT2D eigenvalue weighted by molar-refractivity contribution is -0.142. The largest absolute Gasteiger partial charge is 0.480 e. The van der Waals surface area contributed by atoms with Gasteiger partial charge in [-0.3, -0.25) is 9.69 Å². The van der Waals surface area contributed by atoms with E-state index in [2.05, 4.69) is 0 Å². The zero-order chi connectivity index (χ0) is 11.8. The quantitative estimate of drug-likeness (QED) is 0.743. The SMILES string of the molecule is CC(C(=O)O)N(C)C1CCS(=O)(=O)C1C. The molecule has 3 atom stereocenters. The van der Waals surface area contributed by atoms with Gasteiger partial charge in [0.05, 0.1) is 11.0 Å². The molecular formula is C9H17NO4S. The van der Waals surface area contributed by atoms with Crippen molar-refractivity contribution >= 4 is 15.8 Å². The third kappa shape index (κ3) is 2.31. The van der Waals surface area contributed by atoms with Crippen LogP contribution in [0.15, 0.2) is 0 Å². The van der Waals surface area contributed by atoms with Gasteiger partial charge < -0.3 is 5.11 Å². The lowest BCUT2D eigenvalue weighted by Gasteiger charge is -2.29. The molecule has 0 aromatic carbocycles. The predicted octanol–water partition coefficient (Wildman–Crippen LogP) is -0.0331. The number of carboxylic acids is 1. The van der Waals surface area contributed by atoms with Crippen molar-refractivity contribution in [1.29, 1.82) is 0 Å². The molecule has 1 saturated heterocycles. The summed E-state index contributed by atoms with van der Waals surface area (Å²) in [5.41, 5.74) is 0. The van der Waals surface area contributed by atoms with Crippen LogP contribution in [0.3, 0.4) is 0 Å². The highest BCUT2D eigenvalue weighted by Gasteiger charge is 2.40. The van der Waals surface area contributed by atoms with Crippen molar-refractivity contribution in [1.82, 2.24) is 4.90 Å². The van der Waals surface area contributed by atoms with E-state index < -0.39 is 27.1 Å². The first-order valence-electron chi connectivity index (χ1n) is 4.93. The maximum absolute atomic E-state index is 11.5. The van der Waals surface area contributed by atoms with E-state index in [-0.39, 0.29) is 11.8 Å². The Morgan fingerprint density at radius 3 is 2.40 bits per heavy atom. The Morgan fingerprint density at radius 1 is 1.53 bits per heavy atom. The van der Waals surface area contributed by atoms with Gasteiger partial charge in [-0.15, -0.1) is 0 Å². The van der Waals surface area contributed by atoms with Gasteiger partial charge in [0.25, 0.3) is 0 Å². The van der Waals surface area contributed by atoms with Crippen LogP contribution < -0.4 is 0 Å². The summed E-state index contributed by atoms with van der Waals surface area (Å²) in [6.45, 7) is 3.22. The van der Waals surface area contributed by atoms with E-state index in [4.69, 9.17) is 5.11 Å². The minimum atomic E-state index is -3.01. The number of aliphatic carboxylic acids is 1. The lowest BCUT2D eigenvalue weighted by Crippen LogP contribution is -2.46. The number of likely N-dealkylation sites (N-methyl/N-ethyl adjacent to an activating group) is 1. The molecule has 1 fully saturated rings. The summed E-state index contributed by atoms with van der Waals surface area (Å²) in [6, 6.07) is -0.827. The number of rotatable bonds is 3. The standard InChI is InChI=1S/C9H17NO4S/c1-6(9(11)12)10(3)8-4-5-15(13,14)7(8)2/h6-8H,4-5H2,1-3H3,(H,11,12). The first-order chi connectivity index (χ1) is 6.77. The minimum Gasteiger partial charge on any atom is -0.480 e. The molecule has 0 saturated carbocycles. The Balaban J connectivity index is 2.79. The van der Waals surface area contributed by atoms with Crippen molar-refractivity contribution < 1.29 is 18.3 Å². The van der Waals surface area contributed by atoms with E-state index in [9.17, 15) is 13.2 Å². The van der Waals surface area contributed by atoms with Gasteiger partial charge in [-0.05, 0) is 27.3 Å². The van der Waals surface area contributed by atoms with Gasteiger partial charge in [0.2, 0.25) is 0 Å². The molecule has 1 heterocycles. The van der Waals surface area contributed by atoms with Crippen LogP contribution in [0.5, 0.6) is 0 Å². The van der Waals surface area contributed by atoms with Crippen LogP contribution in [0.25, 0.3) is 0 Å². The van der Waals surface area contributed by atoms with Crippen molar-refractivity contribution in [3.05, 3.63) is 0 Å². The molecule has 1 aliphatic rings. The summed E-state index contributed by atoms with van der Waals surface area (Å²) in [6.07, 6.45) is 0.525. The molecule has 0 bridgehead atoms. The third-order valence-electron chi connectivity index (χ3n) is 3.30. The second-order valence-electron chi connectivity index (χ2n) is 4.11. The molecule has 0 aromatic rings.